The highest BCUT2D eigenvalue weighted by molar-refractivity contribution is 5.60. The third-order valence-corrected chi connectivity index (χ3v) is 2.83. The van der Waals surface area contributed by atoms with Crippen molar-refractivity contribution in [1.29, 1.82) is 5.26 Å². The van der Waals surface area contributed by atoms with Crippen LogP contribution in [-0.2, 0) is 0 Å². The molecule has 2 aromatic heterocycles. The van der Waals surface area contributed by atoms with E-state index in [1.165, 1.54) is 0 Å². The Hall–Kier alpha value is -2.35. The highest BCUT2D eigenvalue weighted by Gasteiger charge is 2.12. The van der Waals surface area contributed by atoms with Gasteiger partial charge in [0.15, 0.2) is 0 Å². The van der Waals surface area contributed by atoms with Gasteiger partial charge in [0.2, 0.25) is 0 Å². The van der Waals surface area contributed by atoms with E-state index in [4.69, 9.17) is 0 Å². The van der Waals surface area contributed by atoms with E-state index < -0.39 is 0 Å². The number of aromatic nitrogens is 3. The van der Waals surface area contributed by atoms with Gasteiger partial charge in [0, 0.05) is 17.5 Å². The molecular weight excluding hydrogens is 226 g/mol. The maximum Gasteiger partial charge on any atom is 0.103 e. The second kappa shape index (κ2) is 4.88. The lowest BCUT2D eigenvalue weighted by atomic mass is 10.1. The number of hydrogen-bond donors (Lipinski definition) is 2. The highest BCUT2D eigenvalue weighted by atomic mass is 15.1. The summed E-state index contributed by atoms with van der Waals surface area (Å²) in [4.78, 5) is 4.29. The van der Waals surface area contributed by atoms with Gasteiger partial charge in [-0.15, -0.1) is 0 Å². The van der Waals surface area contributed by atoms with E-state index in [0.29, 0.717) is 5.56 Å². The number of nitrogens with one attached hydrogen (secondary N) is 2. The summed E-state index contributed by atoms with van der Waals surface area (Å²) in [5, 5.41) is 19.2. The number of aryl methyl sites for hydroxylation is 2. The number of aromatic amines is 1. The summed E-state index contributed by atoms with van der Waals surface area (Å²) in [7, 11) is 0. The minimum atomic E-state index is 0.0806. The predicted molar refractivity (Wildman–Crippen MR) is 69.1 cm³/mol. The first-order chi connectivity index (χ1) is 8.61. The van der Waals surface area contributed by atoms with Crippen molar-refractivity contribution in [2.45, 2.75) is 26.8 Å². The fourth-order valence-corrected chi connectivity index (χ4v) is 1.90. The van der Waals surface area contributed by atoms with Crippen LogP contribution in [0, 0.1) is 25.2 Å². The lowest BCUT2D eigenvalue weighted by Gasteiger charge is -2.16. The largest absolute Gasteiger partial charge is 0.377 e. The molecule has 2 N–H and O–H groups in total. The summed E-state index contributed by atoms with van der Waals surface area (Å²) < 4.78 is 0. The summed E-state index contributed by atoms with van der Waals surface area (Å²) in [6.07, 6.45) is 3.61. The molecule has 0 aliphatic rings. The van der Waals surface area contributed by atoms with Crippen LogP contribution >= 0.6 is 0 Å². The highest BCUT2D eigenvalue weighted by Crippen LogP contribution is 2.23. The Morgan fingerprint density at radius 2 is 2.22 bits per heavy atom. The van der Waals surface area contributed by atoms with Crippen molar-refractivity contribution in [2.75, 3.05) is 5.32 Å². The average molecular weight is 241 g/mol. The van der Waals surface area contributed by atoms with Crippen molar-refractivity contribution in [2.24, 2.45) is 0 Å². The molecule has 5 nitrogen and oxygen atoms in total. The van der Waals surface area contributed by atoms with Gasteiger partial charge in [-0.2, -0.15) is 10.4 Å². The van der Waals surface area contributed by atoms with Gasteiger partial charge in [0.1, 0.15) is 6.07 Å². The molecule has 0 aliphatic carbocycles. The van der Waals surface area contributed by atoms with E-state index in [9.17, 15) is 5.26 Å². The summed E-state index contributed by atoms with van der Waals surface area (Å²) in [6.45, 7) is 5.79. The zero-order valence-electron chi connectivity index (χ0n) is 10.7. The first-order valence-corrected chi connectivity index (χ1v) is 5.75. The normalized spacial score (nSPS) is 11.9. The SMILES string of the molecule is Cc1cc(NC(C)c2cn[nH]c2)c(C#N)c(C)n1. The number of hydrogen-bond acceptors (Lipinski definition) is 4. The molecule has 92 valence electrons. The second-order valence-electron chi connectivity index (χ2n) is 4.28. The zero-order chi connectivity index (χ0) is 13.1. The maximum atomic E-state index is 9.19. The molecule has 0 bridgehead atoms. The van der Waals surface area contributed by atoms with Crippen LogP contribution in [0.25, 0.3) is 0 Å². The van der Waals surface area contributed by atoms with Gasteiger partial charge in [0.25, 0.3) is 0 Å². The summed E-state index contributed by atoms with van der Waals surface area (Å²) in [5.41, 5.74) is 4.10. The van der Waals surface area contributed by atoms with E-state index in [0.717, 1.165) is 22.6 Å². The fraction of sp³-hybridized carbons (Fsp3) is 0.308. The van der Waals surface area contributed by atoms with Crippen molar-refractivity contribution < 1.29 is 0 Å². The first-order valence-electron chi connectivity index (χ1n) is 5.75. The molecule has 2 aromatic rings. The smallest absolute Gasteiger partial charge is 0.103 e. The molecule has 18 heavy (non-hydrogen) atoms. The summed E-state index contributed by atoms with van der Waals surface area (Å²) >= 11 is 0. The molecule has 0 radical (unpaired) electrons. The van der Waals surface area contributed by atoms with Crippen LogP contribution in [0.1, 0.15) is 35.5 Å². The van der Waals surface area contributed by atoms with E-state index in [2.05, 4.69) is 26.6 Å². The number of rotatable bonds is 3. The zero-order valence-corrected chi connectivity index (χ0v) is 10.7. The standard InChI is InChI=1S/C13H15N5/c1-8-4-13(12(5-14)10(3)17-8)18-9(2)11-6-15-16-7-11/h4,6-7,9H,1-3H3,(H,15,16)(H,17,18). The third-order valence-electron chi connectivity index (χ3n) is 2.83. The van der Waals surface area contributed by atoms with Crippen molar-refractivity contribution in [3.63, 3.8) is 0 Å². The number of nitrogens with zero attached hydrogens (tertiary/aromatic N) is 3. The number of H-pyrrole nitrogens is 1. The van der Waals surface area contributed by atoms with Crippen molar-refractivity contribution in [1.82, 2.24) is 15.2 Å². The average Bonchev–Trinajstić information content (AvgIpc) is 2.81. The molecule has 0 aromatic carbocycles. The Balaban J connectivity index is 2.32. The van der Waals surface area contributed by atoms with Crippen LogP contribution in [0.3, 0.4) is 0 Å². The number of nitriles is 1. The van der Waals surface area contributed by atoms with Crippen LogP contribution < -0.4 is 5.32 Å². The van der Waals surface area contributed by atoms with Gasteiger partial charge in [-0.3, -0.25) is 10.1 Å². The molecule has 2 rings (SSSR count). The van der Waals surface area contributed by atoms with Crippen LogP contribution in [-0.4, -0.2) is 15.2 Å². The van der Waals surface area contributed by atoms with E-state index in [-0.39, 0.29) is 6.04 Å². The number of anilines is 1. The molecule has 0 spiro atoms. The molecule has 1 atom stereocenters. The monoisotopic (exact) mass is 241 g/mol. The van der Waals surface area contributed by atoms with Gasteiger partial charge in [-0.05, 0) is 26.8 Å². The molecule has 0 fully saturated rings. The molecule has 0 amide bonds. The summed E-state index contributed by atoms with van der Waals surface area (Å²) in [5.74, 6) is 0. The molecule has 2 heterocycles. The third kappa shape index (κ3) is 2.33. The van der Waals surface area contributed by atoms with Gasteiger partial charge in [-0.25, -0.2) is 0 Å². The van der Waals surface area contributed by atoms with Crippen LogP contribution in [0.4, 0.5) is 5.69 Å². The first kappa shape index (κ1) is 12.1. The fourth-order valence-electron chi connectivity index (χ4n) is 1.90. The van der Waals surface area contributed by atoms with E-state index in [1.807, 2.05) is 33.0 Å². The Labute approximate surface area is 106 Å². The Kier molecular flexibility index (Phi) is 3.28. The predicted octanol–water partition coefficient (Wildman–Crippen LogP) is 2.47. The molecule has 0 aliphatic heterocycles. The minimum absolute atomic E-state index is 0.0806. The van der Waals surface area contributed by atoms with Crippen molar-refractivity contribution in [3.05, 3.63) is 41.0 Å². The minimum Gasteiger partial charge on any atom is -0.377 e. The van der Waals surface area contributed by atoms with Crippen molar-refractivity contribution >= 4 is 5.69 Å². The maximum absolute atomic E-state index is 9.19. The summed E-state index contributed by atoms with van der Waals surface area (Å²) in [6, 6.07) is 4.16. The lowest BCUT2D eigenvalue weighted by Crippen LogP contribution is -2.09. The van der Waals surface area contributed by atoms with Crippen LogP contribution in [0.15, 0.2) is 18.5 Å². The Bertz CT molecular complexity index is 580. The van der Waals surface area contributed by atoms with Gasteiger partial charge >= 0.3 is 0 Å². The van der Waals surface area contributed by atoms with E-state index >= 15 is 0 Å². The van der Waals surface area contributed by atoms with Crippen LogP contribution in [0.2, 0.25) is 0 Å². The van der Waals surface area contributed by atoms with Crippen LogP contribution in [0.5, 0.6) is 0 Å². The Morgan fingerprint density at radius 1 is 1.44 bits per heavy atom. The quantitative estimate of drug-likeness (QED) is 0.865. The van der Waals surface area contributed by atoms with Gasteiger partial charge in [0.05, 0.1) is 29.2 Å². The van der Waals surface area contributed by atoms with Gasteiger partial charge in [-0.1, -0.05) is 0 Å². The topological polar surface area (TPSA) is 77.4 Å². The Morgan fingerprint density at radius 3 is 2.83 bits per heavy atom. The molecule has 0 saturated heterocycles. The van der Waals surface area contributed by atoms with E-state index in [1.54, 1.807) is 6.20 Å². The second-order valence-corrected chi connectivity index (χ2v) is 4.28. The lowest BCUT2D eigenvalue weighted by molar-refractivity contribution is 0.882. The molecular formula is C13H15N5. The number of pyridine rings is 1. The molecule has 5 heteroatoms. The van der Waals surface area contributed by atoms with Gasteiger partial charge < -0.3 is 5.32 Å². The molecule has 1 unspecified atom stereocenters. The molecule has 0 saturated carbocycles. The van der Waals surface area contributed by atoms with Crippen molar-refractivity contribution in [3.8, 4) is 6.07 Å².